The van der Waals surface area contributed by atoms with Gasteiger partial charge in [0.1, 0.15) is 0 Å². The molecule has 2 aliphatic heterocycles. The van der Waals surface area contributed by atoms with Gasteiger partial charge in [0, 0.05) is 25.7 Å². The molecule has 0 aromatic heterocycles. The van der Waals surface area contributed by atoms with Crippen LogP contribution in [0.4, 0.5) is 0 Å². The number of hydrogen-bond donors (Lipinski definition) is 1. The Kier molecular flexibility index (Phi) is 4.00. The fourth-order valence-corrected chi connectivity index (χ4v) is 3.00. The van der Waals surface area contributed by atoms with Crippen molar-refractivity contribution in [3.8, 4) is 0 Å². The molecule has 2 rings (SSSR count). The second-order valence-electron chi connectivity index (χ2n) is 5.14. The minimum atomic E-state index is 0.699. The summed E-state index contributed by atoms with van der Waals surface area (Å²) in [5.41, 5.74) is 0. The Bertz CT molecular complexity index is 198. The smallest absolute Gasteiger partial charge is 0.0503 e. The summed E-state index contributed by atoms with van der Waals surface area (Å²) in [5, 5.41) is 3.52. The van der Waals surface area contributed by atoms with Crippen LogP contribution in [-0.2, 0) is 4.74 Å². The third-order valence-corrected chi connectivity index (χ3v) is 3.83. The Morgan fingerprint density at radius 3 is 3.00 bits per heavy atom. The Morgan fingerprint density at radius 2 is 2.27 bits per heavy atom. The van der Waals surface area contributed by atoms with Gasteiger partial charge in [0.15, 0.2) is 0 Å². The predicted molar refractivity (Wildman–Crippen MR) is 62.0 cm³/mol. The molecule has 1 N–H and O–H groups in total. The van der Waals surface area contributed by atoms with Crippen molar-refractivity contribution in [3.63, 3.8) is 0 Å². The molecule has 0 spiro atoms. The minimum Gasteiger partial charge on any atom is -0.384 e. The molecule has 0 aromatic rings. The Labute approximate surface area is 93.2 Å². The second-order valence-corrected chi connectivity index (χ2v) is 5.14. The van der Waals surface area contributed by atoms with Crippen molar-refractivity contribution in [2.45, 2.75) is 38.3 Å². The summed E-state index contributed by atoms with van der Waals surface area (Å²) in [6, 6.07) is 1.52. The van der Waals surface area contributed by atoms with E-state index in [-0.39, 0.29) is 0 Å². The van der Waals surface area contributed by atoms with Gasteiger partial charge in [-0.1, -0.05) is 0 Å². The first kappa shape index (κ1) is 11.4. The molecule has 0 amide bonds. The lowest BCUT2D eigenvalue weighted by Crippen LogP contribution is -2.46. The van der Waals surface area contributed by atoms with Crippen LogP contribution in [0.1, 0.15) is 26.2 Å². The van der Waals surface area contributed by atoms with E-state index in [1.807, 2.05) is 7.11 Å². The van der Waals surface area contributed by atoms with Crippen molar-refractivity contribution in [2.24, 2.45) is 5.92 Å². The number of methoxy groups -OCH3 is 1. The lowest BCUT2D eigenvalue weighted by molar-refractivity contribution is 0.136. The molecular formula is C12H24N2O. The summed E-state index contributed by atoms with van der Waals surface area (Å²) in [5.74, 6) is 0.778. The van der Waals surface area contributed by atoms with E-state index in [1.54, 1.807) is 0 Å². The van der Waals surface area contributed by atoms with E-state index >= 15 is 0 Å². The van der Waals surface area contributed by atoms with Crippen molar-refractivity contribution < 1.29 is 4.74 Å². The maximum Gasteiger partial charge on any atom is 0.0503 e. The van der Waals surface area contributed by atoms with E-state index < -0.39 is 0 Å². The van der Waals surface area contributed by atoms with Crippen molar-refractivity contribution in [1.29, 1.82) is 0 Å². The molecular weight excluding hydrogens is 188 g/mol. The first-order chi connectivity index (χ1) is 7.29. The van der Waals surface area contributed by atoms with Gasteiger partial charge < -0.3 is 10.1 Å². The van der Waals surface area contributed by atoms with Crippen LogP contribution in [-0.4, -0.2) is 50.3 Å². The molecule has 2 aliphatic rings. The fraction of sp³-hybridized carbons (Fsp3) is 1.00. The minimum absolute atomic E-state index is 0.699. The number of hydrogen-bond acceptors (Lipinski definition) is 3. The number of piperidine rings is 1. The topological polar surface area (TPSA) is 24.5 Å². The van der Waals surface area contributed by atoms with Crippen LogP contribution in [0.15, 0.2) is 0 Å². The van der Waals surface area contributed by atoms with E-state index in [0.717, 1.165) is 18.6 Å². The van der Waals surface area contributed by atoms with Crippen LogP contribution >= 0.6 is 0 Å². The van der Waals surface area contributed by atoms with Crippen LogP contribution in [0.25, 0.3) is 0 Å². The van der Waals surface area contributed by atoms with Gasteiger partial charge in [-0.05, 0) is 45.2 Å². The molecule has 0 saturated carbocycles. The number of likely N-dealkylation sites (tertiary alicyclic amines) is 1. The summed E-state index contributed by atoms with van der Waals surface area (Å²) >= 11 is 0. The molecule has 0 aliphatic carbocycles. The molecule has 3 heteroatoms. The van der Waals surface area contributed by atoms with Crippen LogP contribution in [0.2, 0.25) is 0 Å². The highest BCUT2D eigenvalue weighted by atomic mass is 16.5. The molecule has 0 radical (unpaired) electrons. The van der Waals surface area contributed by atoms with Gasteiger partial charge >= 0.3 is 0 Å². The zero-order chi connectivity index (χ0) is 10.7. The molecule has 3 nitrogen and oxygen atoms in total. The van der Waals surface area contributed by atoms with Crippen molar-refractivity contribution in [2.75, 3.05) is 33.4 Å². The number of nitrogens with zero attached hydrogens (tertiary/aromatic N) is 1. The summed E-state index contributed by atoms with van der Waals surface area (Å²) in [7, 11) is 1.81. The summed E-state index contributed by atoms with van der Waals surface area (Å²) < 4.78 is 5.24. The second kappa shape index (κ2) is 5.28. The van der Waals surface area contributed by atoms with Crippen LogP contribution in [0.5, 0.6) is 0 Å². The monoisotopic (exact) mass is 212 g/mol. The molecule has 0 bridgehead atoms. The maximum absolute atomic E-state index is 5.24. The van der Waals surface area contributed by atoms with Crippen molar-refractivity contribution in [1.82, 2.24) is 10.2 Å². The van der Waals surface area contributed by atoms with Gasteiger partial charge in [0.25, 0.3) is 0 Å². The standard InChI is InChI=1S/C12H24N2O/c1-10-7-12(3-5-13-10)14-6-4-11(8-14)9-15-2/h10-13H,3-9H2,1-2H3. The number of nitrogens with one attached hydrogen (secondary N) is 1. The van der Waals surface area contributed by atoms with Crippen LogP contribution in [0.3, 0.4) is 0 Å². The van der Waals surface area contributed by atoms with Gasteiger partial charge in [-0.2, -0.15) is 0 Å². The lowest BCUT2D eigenvalue weighted by Gasteiger charge is -2.34. The normalized spacial score (nSPS) is 38.4. The largest absolute Gasteiger partial charge is 0.384 e. The van der Waals surface area contributed by atoms with E-state index in [9.17, 15) is 0 Å². The van der Waals surface area contributed by atoms with Crippen LogP contribution < -0.4 is 5.32 Å². The summed E-state index contributed by atoms with van der Waals surface area (Å²) in [4.78, 5) is 2.68. The Balaban J connectivity index is 1.79. The SMILES string of the molecule is COCC1CCN(C2CCNC(C)C2)C1. The highest BCUT2D eigenvalue weighted by Gasteiger charge is 2.30. The Morgan fingerprint density at radius 1 is 1.40 bits per heavy atom. The zero-order valence-corrected chi connectivity index (χ0v) is 10.0. The fourth-order valence-electron chi connectivity index (χ4n) is 3.00. The maximum atomic E-state index is 5.24. The molecule has 3 atom stereocenters. The average Bonchev–Trinajstić information content (AvgIpc) is 2.67. The van der Waals surface area contributed by atoms with Crippen molar-refractivity contribution in [3.05, 3.63) is 0 Å². The number of ether oxygens (including phenoxy) is 1. The predicted octanol–water partition coefficient (Wildman–Crippen LogP) is 1.10. The molecule has 0 aromatic carbocycles. The van der Waals surface area contributed by atoms with Gasteiger partial charge in [-0.25, -0.2) is 0 Å². The van der Waals surface area contributed by atoms with E-state index in [1.165, 1.54) is 38.9 Å². The van der Waals surface area contributed by atoms with E-state index in [4.69, 9.17) is 4.74 Å². The van der Waals surface area contributed by atoms with Gasteiger partial charge in [-0.15, -0.1) is 0 Å². The van der Waals surface area contributed by atoms with E-state index in [0.29, 0.717) is 6.04 Å². The third kappa shape index (κ3) is 2.92. The summed E-state index contributed by atoms with van der Waals surface area (Å²) in [6.45, 7) is 6.97. The molecule has 88 valence electrons. The molecule has 2 heterocycles. The lowest BCUT2D eigenvalue weighted by atomic mass is 9.99. The molecule has 2 saturated heterocycles. The highest BCUT2D eigenvalue weighted by molar-refractivity contribution is 4.86. The number of rotatable bonds is 3. The van der Waals surface area contributed by atoms with Crippen LogP contribution in [0, 0.1) is 5.92 Å². The zero-order valence-electron chi connectivity index (χ0n) is 10.0. The molecule has 15 heavy (non-hydrogen) atoms. The van der Waals surface area contributed by atoms with E-state index in [2.05, 4.69) is 17.1 Å². The van der Waals surface area contributed by atoms with Gasteiger partial charge in [-0.3, -0.25) is 4.90 Å². The first-order valence-electron chi connectivity index (χ1n) is 6.26. The van der Waals surface area contributed by atoms with Gasteiger partial charge in [0.2, 0.25) is 0 Å². The first-order valence-corrected chi connectivity index (χ1v) is 6.26. The molecule has 3 unspecified atom stereocenters. The Hall–Kier alpha value is -0.120. The summed E-state index contributed by atoms with van der Waals surface area (Å²) in [6.07, 6.45) is 3.97. The highest BCUT2D eigenvalue weighted by Crippen LogP contribution is 2.24. The third-order valence-electron chi connectivity index (χ3n) is 3.83. The van der Waals surface area contributed by atoms with Crippen molar-refractivity contribution >= 4 is 0 Å². The quantitative estimate of drug-likeness (QED) is 0.758. The van der Waals surface area contributed by atoms with Gasteiger partial charge in [0.05, 0.1) is 6.61 Å². The average molecular weight is 212 g/mol. The molecule has 2 fully saturated rings.